The van der Waals surface area contributed by atoms with Gasteiger partial charge in [-0.3, -0.25) is 0 Å². The molecule has 28 heavy (non-hydrogen) atoms. The number of aliphatic hydroxyl groups is 4. The van der Waals surface area contributed by atoms with Crippen molar-refractivity contribution in [3.05, 3.63) is 58.8 Å². The molecule has 0 spiro atoms. The van der Waals surface area contributed by atoms with Gasteiger partial charge in [0.05, 0.1) is 12.7 Å². The van der Waals surface area contributed by atoms with Gasteiger partial charge >= 0.3 is 0 Å². The molecule has 2 aromatic rings. The fraction of sp³-hybridized carbons (Fsp3) is 0.429. The molecule has 6 atom stereocenters. The monoisotopic (exact) mass is 406 g/mol. The van der Waals surface area contributed by atoms with Gasteiger partial charge in [0.25, 0.3) is 0 Å². The zero-order valence-corrected chi connectivity index (χ0v) is 15.9. The predicted molar refractivity (Wildman–Crippen MR) is 105 cm³/mol. The van der Waals surface area contributed by atoms with Crippen LogP contribution in [0.25, 0.3) is 10.1 Å². The summed E-state index contributed by atoms with van der Waals surface area (Å²) in [5.41, 5.74) is 0.607. The lowest BCUT2D eigenvalue weighted by atomic mass is 9.81. The van der Waals surface area contributed by atoms with Gasteiger partial charge in [0.15, 0.2) is 0 Å². The molecule has 1 aliphatic heterocycles. The first-order valence-corrected chi connectivity index (χ1v) is 10.1. The lowest BCUT2D eigenvalue weighted by Crippen LogP contribution is -2.60. The van der Waals surface area contributed by atoms with Crippen LogP contribution in [0.15, 0.2) is 53.9 Å². The molecule has 4 N–H and O–H groups in total. The third kappa shape index (κ3) is 3.66. The van der Waals surface area contributed by atoms with Crippen molar-refractivity contribution >= 4 is 21.4 Å². The highest BCUT2D eigenvalue weighted by molar-refractivity contribution is 7.19. The summed E-state index contributed by atoms with van der Waals surface area (Å²) < 4.78 is 21.3. The molecule has 1 aromatic carbocycles. The summed E-state index contributed by atoms with van der Waals surface area (Å²) in [5, 5.41) is 40.8. The summed E-state index contributed by atoms with van der Waals surface area (Å²) in [5.74, 6) is -0.659. The molecule has 0 bridgehead atoms. The highest BCUT2D eigenvalue weighted by Gasteiger charge is 2.46. The number of hydrogen-bond donors (Lipinski definition) is 4. The first-order valence-electron chi connectivity index (χ1n) is 9.31. The summed E-state index contributed by atoms with van der Waals surface area (Å²) in [4.78, 5) is 1.05. The maximum absolute atomic E-state index is 14.5. The highest BCUT2D eigenvalue weighted by Crippen LogP contribution is 2.36. The molecule has 1 aliphatic carbocycles. The van der Waals surface area contributed by atoms with Crippen LogP contribution in [0.2, 0.25) is 0 Å². The first kappa shape index (κ1) is 19.7. The number of fused-ring (bicyclic) bond motifs is 1. The van der Waals surface area contributed by atoms with E-state index in [9.17, 15) is 24.8 Å². The predicted octanol–water partition coefficient (Wildman–Crippen LogP) is 2.09. The van der Waals surface area contributed by atoms with Crippen molar-refractivity contribution in [1.29, 1.82) is 0 Å². The number of aliphatic hydroxyl groups excluding tert-OH is 4. The number of rotatable bonds is 4. The zero-order valence-electron chi connectivity index (χ0n) is 15.1. The van der Waals surface area contributed by atoms with E-state index in [4.69, 9.17) is 4.74 Å². The molecule has 0 saturated carbocycles. The molecular formula is C21H23FO5S. The van der Waals surface area contributed by atoms with Crippen LogP contribution in [0, 0.1) is 5.92 Å². The van der Waals surface area contributed by atoms with Crippen LogP contribution in [0.4, 0.5) is 4.39 Å². The lowest BCUT2D eigenvalue weighted by Gasteiger charge is -2.43. The largest absolute Gasteiger partial charge is 0.394 e. The second-order valence-corrected chi connectivity index (χ2v) is 8.57. The smallest absolute Gasteiger partial charge is 0.122 e. The summed E-state index contributed by atoms with van der Waals surface area (Å²) in [6.07, 6.45) is -2.15. The summed E-state index contributed by atoms with van der Waals surface area (Å²) in [6.45, 7) is -0.475. The molecule has 5 nitrogen and oxygen atoms in total. The Balaban J connectivity index is 1.52. The van der Waals surface area contributed by atoms with Gasteiger partial charge in [-0.05, 0) is 35.6 Å². The van der Waals surface area contributed by atoms with E-state index in [1.54, 1.807) is 17.4 Å². The topological polar surface area (TPSA) is 90.2 Å². The van der Waals surface area contributed by atoms with Crippen LogP contribution in [-0.2, 0) is 11.2 Å². The van der Waals surface area contributed by atoms with Crippen LogP contribution in [0.3, 0.4) is 0 Å². The Morgan fingerprint density at radius 2 is 1.89 bits per heavy atom. The Kier molecular flexibility index (Phi) is 5.64. The molecule has 2 heterocycles. The summed E-state index contributed by atoms with van der Waals surface area (Å²) >= 11 is 1.62. The van der Waals surface area contributed by atoms with E-state index in [0.717, 1.165) is 15.0 Å². The van der Waals surface area contributed by atoms with Gasteiger partial charge in [0.2, 0.25) is 0 Å². The number of ether oxygens (including phenoxy) is 1. The molecule has 1 saturated heterocycles. The van der Waals surface area contributed by atoms with E-state index in [1.807, 2.05) is 24.3 Å². The van der Waals surface area contributed by atoms with Crippen molar-refractivity contribution in [3.8, 4) is 0 Å². The van der Waals surface area contributed by atoms with Gasteiger partial charge < -0.3 is 25.2 Å². The van der Waals surface area contributed by atoms with Crippen LogP contribution >= 0.6 is 11.3 Å². The lowest BCUT2D eigenvalue weighted by molar-refractivity contribution is -0.237. The average molecular weight is 406 g/mol. The van der Waals surface area contributed by atoms with Crippen LogP contribution in [0.5, 0.6) is 0 Å². The average Bonchev–Trinajstić information content (AvgIpc) is 3.11. The number of benzene rings is 1. The Bertz CT molecular complexity index is 872. The van der Waals surface area contributed by atoms with E-state index in [0.29, 0.717) is 18.4 Å². The van der Waals surface area contributed by atoms with Crippen molar-refractivity contribution in [1.82, 2.24) is 0 Å². The van der Waals surface area contributed by atoms with E-state index in [2.05, 4.69) is 6.07 Å². The standard InChI is InChI=1S/C21H23FO5S/c22-15-6-5-12(21-20(26)19(25)18(24)16(10-23)27-21)7-13(15)9-14-8-11-3-1-2-4-17(11)28-14/h1-6,8,12,16,18-21,23-26H,7,9-10H2/t12?,16?,18-,19+,20-,21+/m1/s1. The molecule has 0 radical (unpaired) electrons. The van der Waals surface area contributed by atoms with Gasteiger partial charge in [-0.25, -0.2) is 4.39 Å². The van der Waals surface area contributed by atoms with Crippen LogP contribution in [-0.4, -0.2) is 57.6 Å². The van der Waals surface area contributed by atoms with Crippen molar-refractivity contribution in [2.24, 2.45) is 5.92 Å². The molecule has 7 heteroatoms. The van der Waals surface area contributed by atoms with Crippen molar-refractivity contribution in [3.63, 3.8) is 0 Å². The molecule has 4 rings (SSSR count). The molecular weight excluding hydrogens is 383 g/mol. The Morgan fingerprint density at radius 1 is 1.11 bits per heavy atom. The molecule has 0 amide bonds. The van der Waals surface area contributed by atoms with Crippen LogP contribution in [0.1, 0.15) is 11.3 Å². The highest BCUT2D eigenvalue weighted by atomic mass is 32.1. The fourth-order valence-corrected chi connectivity index (χ4v) is 5.08. The van der Waals surface area contributed by atoms with E-state index < -0.39 is 37.1 Å². The van der Waals surface area contributed by atoms with E-state index in [-0.39, 0.29) is 11.7 Å². The van der Waals surface area contributed by atoms with Gasteiger partial charge in [0.1, 0.15) is 30.2 Å². The summed E-state index contributed by atoms with van der Waals surface area (Å²) in [7, 11) is 0. The number of halogens is 1. The minimum absolute atomic E-state index is 0.293. The fourth-order valence-electron chi connectivity index (χ4n) is 3.98. The van der Waals surface area contributed by atoms with Gasteiger partial charge in [-0.2, -0.15) is 0 Å². The molecule has 150 valence electrons. The molecule has 2 aliphatic rings. The Hall–Kier alpha value is -1.61. The molecule has 1 aromatic heterocycles. The number of allylic oxidation sites excluding steroid dienone is 3. The maximum atomic E-state index is 14.5. The van der Waals surface area contributed by atoms with Gasteiger partial charge in [-0.15, -0.1) is 11.3 Å². The van der Waals surface area contributed by atoms with E-state index in [1.165, 1.54) is 6.08 Å². The van der Waals surface area contributed by atoms with E-state index >= 15 is 0 Å². The Morgan fingerprint density at radius 3 is 2.64 bits per heavy atom. The minimum Gasteiger partial charge on any atom is -0.394 e. The Labute approximate surface area is 166 Å². The van der Waals surface area contributed by atoms with Crippen LogP contribution < -0.4 is 0 Å². The number of hydrogen-bond acceptors (Lipinski definition) is 6. The van der Waals surface area contributed by atoms with Crippen molar-refractivity contribution in [2.75, 3.05) is 6.61 Å². The summed E-state index contributed by atoms with van der Waals surface area (Å²) in [6, 6.07) is 10.1. The second-order valence-electron chi connectivity index (χ2n) is 7.40. The third-order valence-electron chi connectivity index (χ3n) is 5.52. The zero-order chi connectivity index (χ0) is 19.8. The van der Waals surface area contributed by atoms with Crippen molar-refractivity contribution < 1.29 is 29.6 Å². The number of thiophene rings is 1. The van der Waals surface area contributed by atoms with Gasteiger partial charge in [0, 0.05) is 21.9 Å². The van der Waals surface area contributed by atoms with Gasteiger partial charge in [-0.1, -0.05) is 24.3 Å². The minimum atomic E-state index is -1.42. The molecule has 1 fully saturated rings. The maximum Gasteiger partial charge on any atom is 0.122 e. The normalized spacial score (nSPS) is 33.6. The first-order chi connectivity index (χ1) is 13.5. The third-order valence-corrected chi connectivity index (χ3v) is 6.64. The quantitative estimate of drug-likeness (QED) is 0.624. The van der Waals surface area contributed by atoms with Crippen molar-refractivity contribution in [2.45, 2.75) is 43.4 Å². The SMILES string of the molecule is OCC1O[C@@H](C2C=CC(F)=C(Cc3cc4ccccc4s3)C2)[C@H](O)[C@@H](O)[C@@H]1O. The second kappa shape index (κ2) is 8.02. The molecule has 2 unspecified atom stereocenters.